The molecule has 0 rings (SSSR count). The molecule has 5 N–H and O–H groups in total. The SMILES string of the molecule is CC(=O)NCCCCCNC(=O)CCCCCC(=O)NCC(=O)NCCCCCNC=O. The van der Waals surface area contributed by atoms with Gasteiger partial charge in [0.15, 0.2) is 0 Å². The smallest absolute Gasteiger partial charge is 0.239 e. The summed E-state index contributed by atoms with van der Waals surface area (Å²) in [5, 5.41) is 13.6. The molecule has 0 saturated heterocycles. The van der Waals surface area contributed by atoms with E-state index < -0.39 is 0 Å². The van der Waals surface area contributed by atoms with Crippen molar-refractivity contribution < 1.29 is 24.0 Å². The molecule has 0 fully saturated rings. The van der Waals surface area contributed by atoms with E-state index in [0.29, 0.717) is 51.9 Å². The molecule has 0 aliphatic carbocycles. The third kappa shape index (κ3) is 22.0. The van der Waals surface area contributed by atoms with Gasteiger partial charge in [-0.15, -0.1) is 0 Å². The van der Waals surface area contributed by atoms with Gasteiger partial charge in [0.25, 0.3) is 0 Å². The highest BCUT2D eigenvalue weighted by atomic mass is 16.2. The fraction of sp³-hybridized carbons (Fsp3) is 0.773. The van der Waals surface area contributed by atoms with E-state index in [1.807, 2.05) is 0 Å². The van der Waals surface area contributed by atoms with Gasteiger partial charge in [-0.05, 0) is 51.4 Å². The molecule has 10 nitrogen and oxygen atoms in total. The molecule has 0 atom stereocenters. The Labute approximate surface area is 191 Å². The van der Waals surface area contributed by atoms with Crippen LogP contribution in [-0.4, -0.2) is 62.8 Å². The predicted octanol–water partition coefficient (Wildman–Crippen LogP) is 0.508. The minimum absolute atomic E-state index is 0.0213. The summed E-state index contributed by atoms with van der Waals surface area (Å²) in [4.78, 5) is 56.0. The van der Waals surface area contributed by atoms with Crippen LogP contribution in [0.4, 0.5) is 0 Å². The Kier molecular flexibility index (Phi) is 19.8. The highest BCUT2D eigenvalue weighted by Crippen LogP contribution is 2.03. The topological polar surface area (TPSA) is 146 Å². The van der Waals surface area contributed by atoms with E-state index in [1.165, 1.54) is 6.92 Å². The first kappa shape index (κ1) is 29.4. The first-order valence-corrected chi connectivity index (χ1v) is 11.7. The van der Waals surface area contributed by atoms with Crippen LogP contribution in [-0.2, 0) is 24.0 Å². The van der Waals surface area contributed by atoms with Crippen molar-refractivity contribution in [1.82, 2.24) is 26.6 Å². The quantitative estimate of drug-likeness (QED) is 0.126. The Bertz CT molecular complexity index is 557. The minimum atomic E-state index is -0.212. The lowest BCUT2D eigenvalue weighted by atomic mass is 10.1. The van der Waals surface area contributed by atoms with Crippen LogP contribution in [0.25, 0.3) is 0 Å². The number of hydrogen-bond donors (Lipinski definition) is 5. The first-order valence-electron chi connectivity index (χ1n) is 11.7. The molecule has 32 heavy (non-hydrogen) atoms. The molecule has 0 spiro atoms. The average molecular weight is 456 g/mol. The van der Waals surface area contributed by atoms with Crippen molar-refractivity contribution in [3.63, 3.8) is 0 Å². The standard InChI is InChI=1S/C22H41N5O5/c1-19(29)24-14-8-4-10-15-25-20(30)11-5-2-6-12-21(31)27-17-22(32)26-16-9-3-7-13-23-18-28/h18H,2-17H2,1H3,(H,23,28)(H,24,29)(H,25,30)(H,26,32)(H,27,31). The predicted molar refractivity (Wildman–Crippen MR) is 123 cm³/mol. The maximum atomic E-state index is 11.8. The second-order valence-electron chi connectivity index (χ2n) is 7.71. The molecule has 0 aliphatic heterocycles. The summed E-state index contributed by atoms with van der Waals surface area (Å²) in [6.45, 7) is 3.97. The average Bonchev–Trinajstić information content (AvgIpc) is 2.76. The van der Waals surface area contributed by atoms with E-state index in [-0.39, 0.29) is 30.2 Å². The first-order chi connectivity index (χ1) is 15.5. The second kappa shape index (κ2) is 21.6. The maximum absolute atomic E-state index is 11.8. The lowest BCUT2D eigenvalue weighted by molar-refractivity contribution is -0.126. The number of rotatable bonds is 21. The van der Waals surface area contributed by atoms with Gasteiger partial charge < -0.3 is 26.6 Å². The number of carbonyl (C=O) groups is 5. The van der Waals surface area contributed by atoms with E-state index in [1.54, 1.807) is 0 Å². The summed E-state index contributed by atoms with van der Waals surface area (Å²) in [5.74, 6) is -0.377. The summed E-state index contributed by atoms with van der Waals surface area (Å²) in [6.07, 6.45) is 8.99. The lowest BCUT2D eigenvalue weighted by Gasteiger charge is -2.07. The van der Waals surface area contributed by atoms with Crippen LogP contribution < -0.4 is 26.6 Å². The Morgan fingerprint density at radius 1 is 0.562 bits per heavy atom. The van der Waals surface area contributed by atoms with Crippen molar-refractivity contribution in [3.05, 3.63) is 0 Å². The highest BCUT2D eigenvalue weighted by molar-refractivity contribution is 5.84. The van der Waals surface area contributed by atoms with Crippen LogP contribution in [0.15, 0.2) is 0 Å². The largest absolute Gasteiger partial charge is 0.359 e. The van der Waals surface area contributed by atoms with Crippen molar-refractivity contribution in [2.45, 2.75) is 77.6 Å². The summed E-state index contributed by atoms with van der Waals surface area (Å²) < 4.78 is 0. The highest BCUT2D eigenvalue weighted by Gasteiger charge is 2.06. The molecule has 0 aromatic carbocycles. The van der Waals surface area contributed by atoms with Crippen molar-refractivity contribution in [3.8, 4) is 0 Å². The molecule has 0 bridgehead atoms. The zero-order valence-corrected chi connectivity index (χ0v) is 19.4. The number of carbonyl (C=O) groups excluding carboxylic acids is 5. The monoisotopic (exact) mass is 455 g/mol. The van der Waals surface area contributed by atoms with E-state index in [2.05, 4.69) is 26.6 Å². The van der Waals surface area contributed by atoms with Gasteiger partial charge in [-0.1, -0.05) is 6.42 Å². The van der Waals surface area contributed by atoms with Gasteiger partial charge >= 0.3 is 0 Å². The van der Waals surface area contributed by atoms with E-state index >= 15 is 0 Å². The molecule has 0 saturated carbocycles. The zero-order chi connectivity index (χ0) is 23.9. The molecule has 0 radical (unpaired) electrons. The van der Waals surface area contributed by atoms with E-state index in [0.717, 1.165) is 51.4 Å². The molecule has 0 aliphatic rings. The fourth-order valence-corrected chi connectivity index (χ4v) is 2.90. The van der Waals surface area contributed by atoms with Gasteiger partial charge in [0.2, 0.25) is 30.0 Å². The van der Waals surface area contributed by atoms with Crippen molar-refractivity contribution in [1.29, 1.82) is 0 Å². The van der Waals surface area contributed by atoms with Gasteiger partial charge in [0, 0.05) is 45.9 Å². The van der Waals surface area contributed by atoms with Crippen molar-refractivity contribution in [2.24, 2.45) is 0 Å². The van der Waals surface area contributed by atoms with Crippen LogP contribution in [0.3, 0.4) is 0 Å². The number of unbranched alkanes of at least 4 members (excludes halogenated alkanes) is 6. The lowest BCUT2D eigenvalue weighted by Crippen LogP contribution is -2.37. The summed E-state index contributed by atoms with van der Waals surface area (Å²) in [6, 6.07) is 0. The Morgan fingerprint density at radius 3 is 1.59 bits per heavy atom. The van der Waals surface area contributed by atoms with E-state index in [4.69, 9.17) is 0 Å². The van der Waals surface area contributed by atoms with Gasteiger partial charge in [-0.25, -0.2) is 0 Å². The third-order valence-electron chi connectivity index (χ3n) is 4.71. The minimum Gasteiger partial charge on any atom is -0.359 e. The van der Waals surface area contributed by atoms with Gasteiger partial charge in [0.05, 0.1) is 6.54 Å². The Morgan fingerprint density at radius 2 is 1.03 bits per heavy atom. The van der Waals surface area contributed by atoms with Gasteiger partial charge in [-0.3, -0.25) is 24.0 Å². The molecular weight excluding hydrogens is 414 g/mol. The van der Waals surface area contributed by atoms with Crippen molar-refractivity contribution in [2.75, 3.05) is 32.7 Å². The number of amides is 5. The maximum Gasteiger partial charge on any atom is 0.239 e. The molecule has 0 unspecified atom stereocenters. The van der Waals surface area contributed by atoms with Crippen LogP contribution in [0.5, 0.6) is 0 Å². The molecule has 0 heterocycles. The molecular formula is C22H41N5O5. The van der Waals surface area contributed by atoms with Crippen molar-refractivity contribution >= 4 is 30.0 Å². The van der Waals surface area contributed by atoms with Crippen LogP contribution >= 0.6 is 0 Å². The fourth-order valence-electron chi connectivity index (χ4n) is 2.90. The zero-order valence-electron chi connectivity index (χ0n) is 19.4. The van der Waals surface area contributed by atoms with Crippen LogP contribution in [0.1, 0.15) is 77.6 Å². The molecule has 0 aromatic rings. The second-order valence-corrected chi connectivity index (χ2v) is 7.71. The molecule has 0 aromatic heterocycles. The number of hydrogen-bond acceptors (Lipinski definition) is 5. The van der Waals surface area contributed by atoms with Crippen LogP contribution in [0, 0.1) is 0 Å². The third-order valence-corrected chi connectivity index (χ3v) is 4.71. The van der Waals surface area contributed by atoms with Crippen LogP contribution in [0.2, 0.25) is 0 Å². The summed E-state index contributed by atoms with van der Waals surface area (Å²) in [5.41, 5.74) is 0. The summed E-state index contributed by atoms with van der Waals surface area (Å²) in [7, 11) is 0. The number of nitrogens with one attached hydrogen (secondary N) is 5. The van der Waals surface area contributed by atoms with E-state index in [9.17, 15) is 24.0 Å². The molecule has 10 heteroatoms. The van der Waals surface area contributed by atoms with Gasteiger partial charge in [0.1, 0.15) is 0 Å². The van der Waals surface area contributed by atoms with Gasteiger partial charge in [-0.2, -0.15) is 0 Å². The molecule has 5 amide bonds. The Balaban J connectivity index is 3.45. The Hall–Kier alpha value is -2.65. The normalized spacial score (nSPS) is 10.2. The summed E-state index contributed by atoms with van der Waals surface area (Å²) >= 11 is 0. The molecule has 184 valence electrons.